The Hall–Kier alpha value is -2.91. The Balaban J connectivity index is 1.66. The first-order valence-corrected chi connectivity index (χ1v) is 11.8. The van der Waals surface area contributed by atoms with Crippen molar-refractivity contribution in [2.24, 2.45) is 13.0 Å². The molecular weight excluding hydrogens is 579 g/mol. The van der Waals surface area contributed by atoms with E-state index in [4.69, 9.17) is 4.74 Å². The zero-order valence-corrected chi connectivity index (χ0v) is 20.7. The summed E-state index contributed by atoms with van der Waals surface area (Å²) in [4.78, 5) is 41.8. The third kappa shape index (κ3) is 5.21. The molecule has 0 bridgehead atoms. The van der Waals surface area contributed by atoms with Crippen LogP contribution in [0.2, 0.25) is 0 Å². The van der Waals surface area contributed by atoms with Gasteiger partial charge in [-0.3, -0.25) is 23.5 Å². The first-order valence-electron chi connectivity index (χ1n) is 10.7. The molecule has 2 unspecified atom stereocenters. The molecule has 1 fully saturated rings. The molecule has 2 atom stereocenters. The Morgan fingerprint density at radius 3 is 2.83 bits per heavy atom. The van der Waals surface area contributed by atoms with E-state index < -0.39 is 40.5 Å². The van der Waals surface area contributed by atoms with E-state index in [-0.39, 0.29) is 35.8 Å². The van der Waals surface area contributed by atoms with Crippen LogP contribution in [0.1, 0.15) is 6.42 Å². The van der Waals surface area contributed by atoms with Crippen molar-refractivity contribution in [3.63, 3.8) is 0 Å². The minimum Gasteiger partial charge on any atom is -0.463 e. The first kappa shape index (κ1) is 25.2. The highest BCUT2D eigenvalue weighted by Gasteiger charge is 2.25. The molecule has 4 rings (SSSR count). The summed E-state index contributed by atoms with van der Waals surface area (Å²) < 4.78 is 37.1. The topological polar surface area (TPSA) is 127 Å². The summed E-state index contributed by atoms with van der Waals surface area (Å²) in [5.41, 5.74) is -2.61. The summed E-state index contributed by atoms with van der Waals surface area (Å²) in [5, 5.41) is 15.6. The van der Waals surface area contributed by atoms with Crippen LogP contribution in [0, 0.1) is 21.1 Å². The molecule has 1 aliphatic rings. The van der Waals surface area contributed by atoms with Crippen molar-refractivity contribution >= 4 is 51.0 Å². The van der Waals surface area contributed by atoms with Crippen LogP contribution >= 0.6 is 22.6 Å². The summed E-state index contributed by atoms with van der Waals surface area (Å²) in [6.45, 7) is 0.562. The number of esters is 1. The standard InChI is InChI=1S/C22H22F2IN5O5/c1-29-19-16(18(17(24)21(29)33)28-15-3-2-12(25)6-14(15)23)20(32)30(10-27-19)8-13(31)9-35-22(34)11-4-5-26-7-11/h2-3,6,10-11,13,26,28,31H,4-5,7-9H2,1H3. The Kier molecular flexibility index (Phi) is 7.47. The van der Waals surface area contributed by atoms with E-state index >= 15 is 4.39 Å². The molecule has 1 saturated heterocycles. The van der Waals surface area contributed by atoms with Gasteiger partial charge in [-0.05, 0) is 53.8 Å². The highest BCUT2D eigenvalue weighted by atomic mass is 127. The lowest BCUT2D eigenvalue weighted by Gasteiger charge is -2.17. The second-order valence-corrected chi connectivity index (χ2v) is 9.42. The number of halogens is 3. The van der Waals surface area contributed by atoms with Crippen molar-refractivity contribution < 1.29 is 23.4 Å². The maximum Gasteiger partial charge on any atom is 0.310 e. The van der Waals surface area contributed by atoms with E-state index in [9.17, 15) is 23.9 Å². The lowest BCUT2D eigenvalue weighted by atomic mass is 10.1. The van der Waals surface area contributed by atoms with E-state index in [0.29, 0.717) is 23.1 Å². The molecule has 186 valence electrons. The molecule has 35 heavy (non-hydrogen) atoms. The van der Waals surface area contributed by atoms with Crippen LogP contribution in [0.25, 0.3) is 11.0 Å². The second kappa shape index (κ2) is 10.4. The predicted octanol–water partition coefficient (Wildman–Crippen LogP) is 1.24. The van der Waals surface area contributed by atoms with Gasteiger partial charge in [0.05, 0.1) is 23.8 Å². The molecule has 0 aliphatic carbocycles. The number of fused-ring (bicyclic) bond motifs is 1. The zero-order chi connectivity index (χ0) is 25.3. The molecule has 0 radical (unpaired) electrons. The number of nitrogens with one attached hydrogen (secondary N) is 2. The number of hydrogen-bond acceptors (Lipinski definition) is 8. The van der Waals surface area contributed by atoms with Crippen LogP contribution in [-0.4, -0.2) is 51.0 Å². The maximum absolute atomic E-state index is 15.0. The van der Waals surface area contributed by atoms with Crippen molar-refractivity contribution in [1.29, 1.82) is 0 Å². The van der Waals surface area contributed by atoms with Crippen LogP contribution in [-0.2, 0) is 23.1 Å². The average molecular weight is 601 g/mol. The summed E-state index contributed by atoms with van der Waals surface area (Å²) in [6.07, 6.45) is 0.501. The number of aliphatic hydroxyl groups excluding tert-OH is 1. The summed E-state index contributed by atoms with van der Waals surface area (Å²) in [6, 6.07) is 4.13. The average Bonchev–Trinajstić information content (AvgIpc) is 3.37. The first-order chi connectivity index (χ1) is 16.7. The molecule has 2 aromatic heterocycles. The molecule has 0 saturated carbocycles. The summed E-state index contributed by atoms with van der Waals surface area (Å²) >= 11 is 1.91. The quantitative estimate of drug-likeness (QED) is 0.273. The third-order valence-electron chi connectivity index (χ3n) is 5.71. The van der Waals surface area contributed by atoms with Gasteiger partial charge in [0.25, 0.3) is 11.1 Å². The molecule has 3 heterocycles. The van der Waals surface area contributed by atoms with E-state index in [1.807, 2.05) is 22.6 Å². The van der Waals surface area contributed by atoms with Gasteiger partial charge in [-0.25, -0.2) is 9.37 Å². The third-order valence-corrected chi connectivity index (χ3v) is 6.38. The van der Waals surface area contributed by atoms with E-state index in [1.165, 1.54) is 19.2 Å². The SMILES string of the molecule is Cn1c(=O)c(F)c(Nc2ccc(I)cc2F)c2c(=O)n(CC(O)COC(=O)C3CCNC3)cnc21. The molecule has 3 aromatic rings. The van der Waals surface area contributed by atoms with Gasteiger partial charge in [-0.2, -0.15) is 4.39 Å². The number of carbonyl (C=O) groups is 1. The van der Waals surface area contributed by atoms with Crippen LogP contribution in [0.3, 0.4) is 0 Å². The highest BCUT2D eigenvalue weighted by molar-refractivity contribution is 14.1. The molecule has 13 heteroatoms. The smallest absolute Gasteiger partial charge is 0.310 e. The molecule has 10 nitrogen and oxygen atoms in total. The van der Waals surface area contributed by atoms with Gasteiger partial charge in [0.2, 0.25) is 5.82 Å². The fourth-order valence-electron chi connectivity index (χ4n) is 3.82. The normalized spacial score (nSPS) is 16.4. The van der Waals surface area contributed by atoms with Crippen LogP contribution in [0.4, 0.5) is 20.2 Å². The minimum absolute atomic E-state index is 0.124. The van der Waals surface area contributed by atoms with Gasteiger partial charge in [-0.15, -0.1) is 0 Å². The number of anilines is 2. The lowest BCUT2D eigenvalue weighted by molar-refractivity contribution is -0.151. The molecule has 1 aromatic carbocycles. The number of aromatic nitrogens is 3. The maximum atomic E-state index is 15.0. The van der Waals surface area contributed by atoms with Crippen molar-refractivity contribution in [3.05, 3.63) is 60.4 Å². The predicted molar refractivity (Wildman–Crippen MR) is 132 cm³/mol. The molecule has 0 amide bonds. The number of carbonyl (C=O) groups excluding carboxylic acids is 1. The van der Waals surface area contributed by atoms with Crippen molar-refractivity contribution in [2.45, 2.75) is 19.1 Å². The number of rotatable bonds is 7. The van der Waals surface area contributed by atoms with Crippen molar-refractivity contribution in [1.82, 2.24) is 19.4 Å². The van der Waals surface area contributed by atoms with Crippen molar-refractivity contribution in [3.8, 4) is 0 Å². The van der Waals surface area contributed by atoms with Gasteiger partial charge in [0, 0.05) is 17.2 Å². The number of benzene rings is 1. The van der Waals surface area contributed by atoms with Gasteiger partial charge < -0.3 is 20.5 Å². The Morgan fingerprint density at radius 1 is 1.37 bits per heavy atom. The Bertz CT molecular complexity index is 1400. The number of aryl methyl sites for hydroxylation is 1. The number of pyridine rings is 1. The van der Waals surface area contributed by atoms with Gasteiger partial charge in [0.15, 0.2) is 5.65 Å². The Morgan fingerprint density at radius 2 is 2.14 bits per heavy atom. The minimum atomic E-state index is -1.28. The van der Waals surface area contributed by atoms with Gasteiger partial charge in [0.1, 0.15) is 30.2 Å². The molecule has 3 N–H and O–H groups in total. The van der Waals surface area contributed by atoms with Gasteiger partial charge >= 0.3 is 5.97 Å². The van der Waals surface area contributed by atoms with Crippen LogP contribution in [0.5, 0.6) is 0 Å². The number of nitrogens with zero attached hydrogens (tertiary/aromatic N) is 3. The van der Waals surface area contributed by atoms with Crippen LogP contribution < -0.4 is 21.8 Å². The summed E-state index contributed by atoms with van der Waals surface area (Å²) in [5.74, 6) is -2.72. The van der Waals surface area contributed by atoms with E-state index in [1.54, 1.807) is 6.07 Å². The van der Waals surface area contributed by atoms with Crippen molar-refractivity contribution in [2.75, 3.05) is 25.0 Å². The largest absolute Gasteiger partial charge is 0.463 e. The fourth-order valence-corrected chi connectivity index (χ4v) is 4.27. The second-order valence-electron chi connectivity index (χ2n) is 8.18. The number of hydrogen-bond donors (Lipinski definition) is 3. The molecule has 1 aliphatic heterocycles. The zero-order valence-electron chi connectivity index (χ0n) is 18.6. The van der Waals surface area contributed by atoms with E-state index in [0.717, 1.165) is 15.5 Å². The molecule has 0 spiro atoms. The Labute approximate surface area is 211 Å². The lowest BCUT2D eigenvalue weighted by Crippen LogP contribution is -2.33. The highest BCUT2D eigenvalue weighted by Crippen LogP contribution is 2.26. The van der Waals surface area contributed by atoms with E-state index in [2.05, 4.69) is 15.6 Å². The number of ether oxygens (including phenoxy) is 1. The van der Waals surface area contributed by atoms with Gasteiger partial charge in [-0.1, -0.05) is 0 Å². The summed E-state index contributed by atoms with van der Waals surface area (Å²) in [7, 11) is 1.26. The fraction of sp³-hybridized carbons (Fsp3) is 0.364. The number of aliphatic hydroxyl groups is 1. The van der Waals surface area contributed by atoms with Crippen LogP contribution in [0.15, 0.2) is 34.1 Å². The molecular formula is C22H22F2IN5O5. The monoisotopic (exact) mass is 601 g/mol.